The van der Waals surface area contributed by atoms with Crippen LogP contribution in [0.1, 0.15) is 31.4 Å². The van der Waals surface area contributed by atoms with Crippen molar-refractivity contribution in [3.8, 4) is 17.6 Å². The molecule has 2 nitrogen and oxygen atoms in total. The number of nitrogens with two attached hydrogens (primary N) is 1. The molecule has 1 rings (SSSR count). The monoisotopic (exact) mass is 231 g/mol. The summed E-state index contributed by atoms with van der Waals surface area (Å²) < 4.78 is 5.78. The van der Waals surface area contributed by atoms with Gasteiger partial charge in [0.15, 0.2) is 0 Å². The SMILES string of the molecule is CCC(C)COc1ccc(C#CCN)cc1C. The third-order valence-corrected chi connectivity index (χ3v) is 2.73. The molecule has 0 saturated carbocycles. The molecule has 92 valence electrons. The summed E-state index contributed by atoms with van der Waals surface area (Å²) in [5.41, 5.74) is 7.45. The van der Waals surface area contributed by atoms with E-state index >= 15 is 0 Å². The van der Waals surface area contributed by atoms with Crippen molar-refractivity contribution >= 4 is 0 Å². The van der Waals surface area contributed by atoms with E-state index in [9.17, 15) is 0 Å². The molecule has 1 atom stereocenters. The molecule has 0 heterocycles. The van der Waals surface area contributed by atoms with Gasteiger partial charge in [0.1, 0.15) is 5.75 Å². The minimum Gasteiger partial charge on any atom is -0.493 e. The number of aryl methyl sites for hydroxylation is 1. The fourth-order valence-electron chi connectivity index (χ4n) is 1.39. The van der Waals surface area contributed by atoms with E-state index in [0.29, 0.717) is 12.5 Å². The van der Waals surface area contributed by atoms with E-state index < -0.39 is 0 Å². The van der Waals surface area contributed by atoms with Crippen LogP contribution in [0, 0.1) is 24.7 Å². The van der Waals surface area contributed by atoms with Gasteiger partial charge in [0.05, 0.1) is 13.2 Å². The Kier molecular flexibility index (Phi) is 5.59. The third-order valence-electron chi connectivity index (χ3n) is 2.73. The number of rotatable bonds is 4. The van der Waals surface area contributed by atoms with Gasteiger partial charge in [-0.1, -0.05) is 32.1 Å². The molecule has 0 aromatic heterocycles. The molecule has 0 saturated heterocycles. The molecule has 0 fully saturated rings. The average molecular weight is 231 g/mol. The maximum absolute atomic E-state index is 5.78. The molecule has 17 heavy (non-hydrogen) atoms. The first-order chi connectivity index (χ1) is 8.17. The topological polar surface area (TPSA) is 35.2 Å². The molecule has 1 aromatic rings. The molecule has 0 aliphatic rings. The summed E-state index contributed by atoms with van der Waals surface area (Å²) in [6.07, 6.45) is 1.14. The Hall–Kier alpha value is -1.46. The van der Waals surface area contributed by atoms with E-state index in [1.165, 1.54) is 0 Å². The van der Waals surface area contributed by atoms with Crippen LogP contribution in [-0.4, -0.2) is 13.2 Å². The number of benzene rings is 1. The third kappa shape index (κ3) is 4.50. The predicted octanol–water partition coefficient (Wildman–Crippen LogP) is 2.73. The van der Waals surface area contributed by atoms with E-state index in [1.807, 2.05) is 25.1 Å². The van der Waals surface area contributed by atoms with E-state index in [4.69, 9.17) is 10.5 Å². The summed E-state index contributed by atoms with van der Waals surface area (Å²) in [5, 5.41) is 0. The Morgan fingerprint density at radius 1 is 1.41 bits per heavy atom. The highest BCUT2D eigenvalue weighted by Crippen LogP contribution is 2.19. The molecule has 0 radical (unpaired) electrons. The van der Waals surface area contributed by atoms with Crippen LogP contribution in [0.4, 0.5) is 0 Å². The zero-order chi connectivity index (χ0) is 12.7. The molecule has 0 spiro atoms. The first-order valence-corrected chi connectivity index (χ1v) is 6.09. The standard InChI is InChI=1S/C15H21NO/c1-4-12(2)11-17-15-8-7-14(6-5-9-16)10-13(15)3/h7-8,10,12H,4,9,11,16H2,1-3H3. The van der Waals surface area contributed by atoms with Crippen molar-refractivity contribution in [2.45, 2.75) is 27.2 Å². The lowest BCUT2D eigenvalue weighted by Crippen LogP contribution is -2.07. The zero-order valence-electron chi connectivity index (χ0n) is 10.9. The van der Waals surface area contributed by atoms with Crippen molar-refractivity contribution in [3.05, 3.63) is 29.3 Å². The second-order valence-corrected chi connectivity index (χ2v) is 4.31. The molecule has 0 bridgehead atoms. The Labute approximate surface area is 104 Å². The smallest absolute Gasteiger partial charge is 0.122 e. The van der Waals surface area contributed by atoms with Crippen molar-refractivity contribution in [3.63, 3.8) is 0 Å². The van der Waals surface area contributed by atoms with Crippen LogP contribution in [0.5, 0.6) is 5.75 Å². The quantitative estimate of drug-likeness (QED) is 0.809. The maximum atomic E-state index is 5.78. The van der Waals surface area contributed by atoms with Gasteiger partial charge in [0.2, 0.25) is 0 Å². The molecule has 2 heteroatoms. The van der Waals surface area contributed by atoms with E-state index in [-0.39, 0.29) is 0 Å². The van der Waals surface area contributed by atoms with Crippen molar-refractivity contribution in [1.29, 1.82) is 0 Å². The maximum Gasteiger partial charge on any atom is 0.122 e. The number of ether oxygens (including phenoxy) is 1. The fraction of sp³-hybridized carbons (Fsp3) is 0.467. The predicted molar refractivity (Wildman–Crippen MR) is 72.1 cm³/mol. The molecule has 0 amide bonds. The minimum atomic E-state index is 0.394. The molecule has 2 N–H and O–H groups in total. The van der Waals surface area contributed by atoms with Crippen molar-refractivity contribution in [2.75, 3.05) is 13.2 Å². The largest absolute Gasteiger partial charge is 0.493 e. The molecular weight excluding hydrogens is 210 g/mol. The van der Waals surface area contributed by atoms with Crippen LogP contribution in [0.25, 0.3) is 0 Å². The molecule has 1 aromatic carbocycles. The van der Waals surface area contributed by atoms with Crippen LogP contribution in [0.2, 0.25) is 0 Å². The van der Waals surface area contributed by atoms with Crippen molar-refractivity contribution in [1.82, 2.24) is 0 Å². The summed E-state index contributed by atoms with van der Waals surface area (Å²) in [6, 6.07) is 5.99. The lowest BCUT2D eigenvalue weighted by atomic mass is 10.1. The summed E-state index contributed by atoms with van der Waals surface area (Å²) in [5.74, 6) is 7.40. The average Bonchev–Trinajstić information content (AvgIpc) is 2.34. The Balaban J connectivity index is 2.69. The van der Waals surface area contributed by atoms with Gasteiger partial charge in [-0.2, -0.15) is 0 Å². The van der Waals surface area contributed by atoms with E-state index in [0.717, 1.165) is 29.9 Å². The van der Waals surface area contributed by atoms with Crippen LogP contribution >= 0.6 is 0 Å². The second kappa shape index (κ2) is 6.98. The highest BCUT2D eigenvalue weighted by Gasteiger charge is 2.03. The van der Waals surface area contributed by atoms with Crippen molar-refractivity contribution in [2.24, 2.45) is 11.7 Å². The lowest BCUT2D eigenvalue weighted by Gasteiger charge is -2.13. The van der Waals surface area contributed by atoms with Crippen LogP contribution in [-0.2, 0) is 0 Å². The summed E-state index contributed by atoms with van der Waals surface area (Å²) >= 11 is 0. The summed E-state index contributed by atoms with van der Waals surface area (Å²) in [4.78, 5) is 0. The van der Waals surface area contributed by atoms with Crippen molar-refractivity contribution < 1.29 is 4.74 Å². The van der Waals surface area contributed by atoms with Gasteiger partial charge in [0.25, 0.3) is 0 Å². The van der Waals surface area contributed by atoms with Gasteiger partial charge in [-0.05, 0) is 36.6 Å². The summed E-state index contributed by atoms with van der Waals surface area (Å²) in [7, 11) is 0. The highest BCUT2D eigenvalue weighted by molar-refractivity contribution is 5.43. The Bertz CT molecular complexity index is 415. The van der Waals surface area contributed by atoms with Crippen LogP contribution in [0.3, 0.4) is 0 Å². The molecular formula is C15H21NO. The lowest BCUT2D eigenvalue weighted by molar-refractivity contribution is 0.255. The normalized spacial score (nSPS) is 11.5. The fourth-order valence-corrected chi connectivity index (χ4v) is 1.39. The van der Waals surface area contributed by atoms with Gasteiger partial charge >= 0.3 is 0 Å². The second-order valence-electron chi connectivity index (χ2n) is 4.31. The molecule has 0 aliphatic heterocycles. The first-order valence-electron chi connectivity index (χ1n) is 6.09. The number of hydrogen-bond donors (Lipinski definition) is 1. The first kappa shape index (κ1) is 13.6. The van der Waals surface area contributed by atoms with E-state index in [2.05, 4.69) is 25.7 Å². The van der Waals surface area contributed by atoms with Gasteiger partial charge in [-0.15, -0.1) is 0 Å². The highest BCUT2D eigenvalue weighted by atomic mass is 16.5. The molecule has 0 aliphatic carbocycles. The minimum absolute atomic E-state index is 0.394. The molecule has 1 unspecified atom stereocenters. The Morgan fingerprint density at radius 2 is 2.18 bits per heavy atom. The zero-order valence-corrected chi connectivity index (χ0v) is 10.9. The van der Waals surface area contributed by atoms with Crippen LogP contribution < -0.4 is 10.5 Å². The summed E-state index contributed by atoms with van der Waals surface area (Å²) in [6.45, 7) is 7.57. The van der Waals surface area contributed by atoms with Gasteiger partial charge in [-0.25, -0.2) is 0 Å². The number of hydrogen-bond acceptors (Lipinski definition) is 2. The van der Waals surface area contributed by atoms with Crippen LogP contribution in [0.15, 0.2) is 18.2 Å². The van der Waals surface area contributed by atoms with Gasteiger partial charge in [0, 0.05) is 5.56 Å². The van der Waals surface area contributed by atoms with Gasteiger partial charge < -0.3 is 10.5 Å². The Morgan fingerprint density at radius 3 is 2.76 bits per heavy atom. The van der Waals surface area contributed by atoms with E-state index in [1.54, 1.807) is 0 Å². The van der Waals surface area contributed by atoms with Gasteiger partial charge in [-0.3, -0.25) is 0 Å².